The molecule has 4 heteroatoms. The maximum atomic E-state index is 11.8. The van der Waals surface area contributed by atoms with Crippen molar-refractivity contribution in [1.29, 1.82) is 5.26 Å². The molecular weight excluding hydrogens is 286 g/mol. The smallest absolute Gasteiger partial charge is 0.163 e. The van der Waals surface area contributed by atoms with E-state index in [2.05, 4.69) is 41.4 Å². The Balaban J connectivity index is 1.79. The third-order valence-corrected chi connectivity index (χ3v) is 6.92. The Bertz CT molecular complexity index is 766. The highest BCUT2D eigenvalue weighted by Crippen LogP contribution is 2.64. The number of aliphatic hydroxyl groups is 1. The standard InChI is InChI=1S/C19H21N3O/c1-2-12-11-22-8-7-18-14-5-3-4-6-16(14)21-19(18,23)15(10-20)13(12)9-17(18)22/h2-6,13,15,17,21,23H,7-9,11H2,1H3/b12-2+/t13-,15-,17+,18?,19+/m0/s1. The lowest BCUT2D eigenvalue weighted by Crippen LogP contribution is -2.69. The first kappa shape index (κ1) is 13.6. The number of allylic oxidation sites excluding steroid dienone is 1. The number of nitrogens with zero attached hydrogens (tertiary/aromatic N) is 2. The van der Waals surface area contributed by atoms with Crippen molar-refractivity contribution in [1.82, 2.24) is 4.90 Å². The van der Waals surface area contributed by atoms with E-state index in [-0.39, 0.29) is 11.3 Å². The van der Waals surface area contributed by atoms with E-state index in [1.165, 1.54) is 11.1 Å². The summed E-state index contributed by atoms with van der Waals surface area (Å²) in [6.07, 6.45) is 4.05. The Morgan fingerprint density at radius 3 is 3.04 bits per heavy atom. The van der Waals surface area contributed by atoms with Crippen LogP contribution in [0.3, 0.4) is 0 Å². The Morgan fingerprint density at radius 1 is 1.43 bits per heavy atom. The molecule has 2 N–H and O–H groups in total. The van der Waals surface area contributed by atoms with Crippen LogP contribution >= 0.6 is 0 Å². The highest BCUT2D eigenvalue weighted by molar-refractivity contribution is 5.67. The average molecular weight is 307 g/mol. The van der Waals surface area contributed by atoms with Crippen molar-refractivity contribution in [3.8, 4) is 6.07 Å². The van der Waals surface area contributed by atoms with Crippen molar-refractivity contribution >= 4 is 5.69 Å². The van der Waals surface area contributed by atoms with Gasteiger partial charge in [0.1, 0.15) is 5.92 Å². The van der Waals surface area contributed by atoms with Gasteiger partial charge in [0, 0.05) is 24.2 Å². The van der Waals surface area contributed by atoms with Gasteiger partial charge < -0.3 is 10.4 Å². The molecule has 2 bridgehead atoms. The minimum absolute atomic E-state index is 0.157. The summed E-state index contributed by atoms with van der Waals surface area (Å²) in [6, 6.07) is 11.0. The van der Waals surface area contributed by atoms with Gasteiger partial charge in [0.2, 0.25) is 0 Å². The second-order valence-corrected chi connectivity index (χ2v) is 7.46. The van der Waals surface area contributed by atoms with E-state index in [0.717, 1.165) is 31.6 Å². The van der Waals surface area contributed by atoms with Crippen molar-refractivity contribution in [3.63, 3.8) is 0 Å². The van der Waals surface area contributed by atoms with Gasteiger partial charge in [0.15, 0.2) is 5.72 Å². The van der Waals surface area contributed by atoms with Crippen LogP contribution in [0.25, 0.3) is 0 Å². The molecule has 0 radical (unpaired) electrons. The second-order valence-electron chi connectivity index (χ2n) is 7.46. The fourth-order valence-corrected chi connectivity index (χ4v) is 5.98. The van der Waals surface area contributed by atoms with Crippen LogP contribution < -0.4 is 5.32 Å². The van der Waals surface area contributed by atoms with Crippen LogP contribution in [0.4, 0.5) is 5.69 Å². The van der Waals surface area contributed by atoms with E-state index in [9.17, 15) is 10.4 Å². The number of nitriles is 1. The molecular formula is C19H21N3O. The topological polar surface area (TPSA) is 59.3 Å². The van der Waals surface area contributed by atoms with Gasteiger partial charge in [-0.05, 0) is 37.9 Å². The molecule has 23 heavy (non-hydrogen) atoms. The molecule has 5 rings (SSSR count). The van der Waals surface area contributed by atoms with Gasteiger partial charge in [0.25, 0.3) is 0 Å². The molecule has 3 fully saturated rings. The van der Waals surface area contributed by atoms with Gasteiger partial charge in [-0.25, -0.2) is 0 Å². The number of anilines is 1. The number of piperidine rings is 1. The van der Waals surface area contributed by atoms with Crippen LogP contribution in [0.2, 0.25) is 0 Å². The second kappa shape index (κ2) is 4.17. The fourth-order valence-electron chi connectivity index (χ4n) is 5.98. The van der Waals surface area contributed by atoms with Crippen LogP contribution in [0, 0.1) is 23.2 Å². The summed E-state index contributed by atoms with van der Waals surface area (Å²) in [6.45, 7) is 4.00. The predicted octanol–water partition coefficient (Wildman–Crippen LogP) is 2.23. The maximum Gasteiger partial charge on any atom is 0.163 e. The molecule has 0 amide bonds. The molecule has 4 nitrogen and oxygen atoms in total. The summed E-state index contributed by atoms with van der Waals surface area (Å²) in [7, 11) is 0. The number of hydrogen-bond donors (Lipinski definition) is 2. The molecule has 1 aliphatic carbocycles. The van der Waals surface area contributed by atoms with Crippen molar-refractivity contribution < 1.29 is 5.11 Å². The SMILES string of the molecule is C/C=C1\CN2CCC34c5ccccc5N[C@@]3(O)[C@@H](C#N)[C@H]1C[C@@H]24. The quantitative estimate of drug-likeness (QED) is 0.722. The molecule has 1 spiro atoms. The molecule has 118 valence electrons. The van der Waals surface area contributed by atoms with Crippen LogP contribution in [0.1, 0.15) is 25.3 Å². The van der Waals surface area contributed by atoms with Crippen molar-refractivity contribution in [2.45, 2.75) is 36.9 Å². The third kappa shape index (κ3) is 1.31. The monoisotopic (exact) mass is 307 g/mol. The van der Waals surface area contributed by atoms with Gasteiger partial charge in [-0.2, -0.15) is 5.26 Å². The molecule has 3 aliphatic heterocycles. The van der Waals surface area contributed by atoms with Crippen molar-refractivity contribution in [2.75, 3.05) is 18.4 Å². The van der Waals surface area contributed by atoms with E-state index in [1.807, 2.05) is 12.1 Å². The van der Waals surface area contributed by atoms with Crippen LogP contribution in [-0.2, 0) is 5.41 Å². The Labute approximate surface area is 136 Å². The zero-order chi connectivity index (χ0) is 15.8. The first-order valence-electron chi connectivity index (χ1n) is 8.54. The Kier molecular flexibility index (Phi) is 2.46. The Morgan fingerprint density at radius 2 is 2.26 bits per heavy atom. The number of nitrogens with one attached hydrogen (secondary N) is 1. The highest BCUT2D eigenvalue weighted by Gasteiger charge is 2.73. The normalized spacial score (nSPS) is 45.3. The summed E-state index contributed by atoms with van der Waals surface area (Å²) >= 11 is 0. The molecule has 2 saturated heterocycles. The highest BCUT2D eigenvalue weighted by atomic mass is 16.3. The van der Waals surface area contributed by atoms with Crippen LogP contribution in [-0.4, -0.2) is 34.9 Å². The number of benzene rings is 1. The predicted molar refractivity (Wildman–Crippen MR) is 87.6 cm³/mol. The van der Waals surface area contributed by atoms with Crippen molar-refractivity contribution in [3.05, 3.63) is 41.5 Å². The number of fused-ring (bicyclic) bond motifs is 2. The zero-order valence-electron chi connectivity index (χ0n) is 13.3. The van der Waals surface area contributed by atoms with Gasteiger partial charge in [-0.3, -0.25) is 4.90 Å². The molecule has 1 saturated carbocycles. The van der Waals surface area contributed by atoms with Gasteiger partial charge in [-0.15, -0.1) is 0 Å². The molecule has 1 aromatic carbocycles. The molecule has 1 unspecified atom stereocenters. The van der Waals surface area contributed by atoms with Crippen molar-refractivity contribution in [2.24, 2.45) is 11.8 Å². The molecule has 1 aromatic rings. The van der Waals surface area contributed by atoms with Gasteiger partial charge in [-0.1, -0.05) is 29.8 Å². The van der Waals surface area contributed by atoms with E-state index < -0.39 is 11.6 Å². The lowest BCUT2D eigenvalue weighted by molar-refractivity contribution is -0.105. The third-order valence-electron chi connectivity index (χ3n) is 6.92. The van der Waals surface area contributed by atoms with Gasteiger partial charge in [0.05, 0.1) is 11.5 Å². The number of para-hydroxylation sites is 1. The largest absolute Gasteiger partial charge is 0.369 e. The maximum absolute atomic E-state index is 11.8. The number of rotatable bonds is 0. The van der Waals surface area contributed by atoms with E-state index in [1.54, 1.807) is 0 Å². The first-order valence-corrected chi connectivity index (χ1v) is 8.54. The summed E-state index contributed by atoms with van der Waals surface area (Å²) in [5, 5.41) is 25.1. The lowest BCUT2D eigenvalue weighted by Gasteiger charge is -2.57. The fraction of sp³-hybridized carbons (Fsp3) is 0.526. The number of hydrogen-bond acceptors (Lipinski definition) is 4. The average Bonchev–Trinajstić information content (AvgIpc) is 3.07. The van der Waals surface area contributed by atoms with E-state index in [4.69, 9.17) is 0 Å². The summed E-state index contributed by atoms with van der Waals surface area (Å²) < 4.78 is 0. The molecule has 0 aromatic heterocycles. The minimum atomic E-state index is -1.16. The molecule has 5 atom stereocenters. The van der Waals surface area contributed by atoms with Crippen LogP contribution in [0.15, 0.2) is 35.9 Å². The van der Waals surface area contributed by atoms with E-state index in [0.29, 0.717) is 6.04 Å². The lowest BCUT2D eigenvalue weighted by atomic mass is 9.54. The van der Waals surface area contributed by atoms with E-state index >= 15 is 0 Å². The molecule has 3 heterocycles. The van der Waals surface area contributed by atoms with Gasteiger partial charge >= 0.3 is 0 Å². The Hall–Kier alpha value is -1.83. The summed E-state index contributed by atoms with van der Waals surface area (Å²) in [5.74, 6) is -0.248. The van der Waals surface area contributed by atoms with Crippen LogP contribution in [0.5, 0.6) is 0 Å². The summed E-state index contributed by atoms with van der Waals surface area (Å²) in [5.41, 5.74) is 2.01. The first-order chi connectivity index (χ1) is 11.2. The molecule has 4 aliphatic rings. The minimum Gasteiger partial charge on any atom is -0.369 e. The summed E-state index contributed by atoms with van der Waals surface area (Å²) in [4.78, 5) is 2.52. The zero-order valence-corrected chi connectivity index (χ0v) is 13.3.